The highest BCUT2D eigenvalue weighted by Gasteiger charge is 2.33. The van der Waals surface area contributed by atoms with Crippen LogP contribution in [0.25, 0.3) is 6.08 Å². The molecule has 0 fully saturated rings. The standard InChI is InChI=1S/C25H23BrN2O4S/c1-14(2)32-24(30)21-15(3)27-25-28(22(21)17-8-10-19(31-4)11-9-17)23(29)20(33-25)13-16-6-5-7-18(26)12-16/h5-14,22H,1-4H3/b20-13+/t22-/m1/s1. The summed E-state index contributed by atoms with van der Waals surface area (Å²) in [5, 5.41) is 0. The molecule has 8 heteroatoms. The Labute approximate surface area is 203 Å². The van der Waals surface area contributed by atoms with Crippen LogP contribution in [0.5, 0.6) is 5.75 Å². The molecule has 1 aromatic heterocycles. The van der Waals surface area contributed by atoms with Gasteiger partial charge < -0.3 is 9.47 Å². The Morgan fingerprint density at radius 1 is 1.21 bits per heavy atom. The number of ether oxygens (including phenoxy) is 2. The molecule has 1 aliphatic rings. The quantitative estimate of drug-likeness (QED) is 0.472. The second-order valence-corrected chi connectivity index (χ2v) is 9.79. The predicted octanol–water partition coefficient (Wildman–Crippen LogP) is 3.96. The second kappa shape index (κ2) is 9.49. The Morgan fingerprint density at radius 2 is 1.94 bits per heavy atom. The van der Waals surface area contributed by atoms with E-state index in [-0.39, 0.29) is 11.7 Å². The van der Waals surface area contributed by atoms with Crippen LogP contribution < -0.4 is 19.6 Å². The Balaban J connectivity index is 1.94. The molecule has 4 rings (SSSR count). The number of benzene rings is 2. The number of thiazole rings is 1. The van der Waals surface area contributed by atoms with Crippen molar-refractivity contribution in [1.82, 2.24) is 4.57 Å². The summed E-state index contributed by atoms with van der Waals surface area (Å²) in [6, 6.07) is 14.4. The first kappa shape index (κ1) is 23.2. The van der Waals surface area contributed by atoms with Gasteiger partial charge in [-0.25, -0.2) is 9.79 Å². The normalized spacial score (nSPS) is 15.9. The first-order chi connectivity index (χ1) is 15.8. The summed E-state index contributed by atoms with van der Waals surface area (Å²) >= 11 is 4.77. The van der Waals surface area contributed by atoms with Crippen molar-refractivity contribution in [3.63, 3.8) is 0 Å². The molecule has 1 aliphatic heterocycles. The minimum atomic E-state index is -0.650. The second-order valence-electron chi connectivity index (χ2n) is 7.86. The Hall–Kier alpha value is -2.97. The fraction of sp³-hybridized carbons (Fsp3) is 0.240. The number of carbonyl (C=O) groups is 1. The predicted molar refractivity (Wildman–Crippen MR) is 132 cm³/mol. The fourth-order valence-corrected chi connectivity index (χ4v) is 5.17. The van der Waals surface area contributed by atoms with Gasteiger partial charge in [0.05, 0.1) is 35.1 Å². The van der Waals surface area contributed by atoms with Crippen molar-refractivity contribution >= 4 is 39.3 Å². The van der Waals surface area contributed by atoms with Crippen molar-refractivity contribution in [2.45, 2.75) is 32.9 Å². The number of carbonyl (C=O) groups excluding carboxylic acids is 1. The molecular formula is C25H23BrN2O4S. The molecule has 3 aromatic rings. The SMILES string of the molecule is COc1ccc([C@@H]2C(C(=O)OC(C)C)=C(C)N=c3s/c(=C/c4cccc(Br)c4)c(=O)n32)cc1. The molecule has 0 saturated heterocycles. The van der Waals surface area contributed by atoms with Gasteiger partial charge in [-0.3, -0.25) is 9.36 Å². The van der Waals surface area contributed by atoms with E-state index in [0.29, 0.717) is 26.4 Å². The summed E-state index contributed by atoms with van der Waals surface area (Å²) in [4.78, 5) is 31.8. The lowest BCUT2D eigenvalue weighted by Gasteiger charge is -2.25. The highest BCUT2D eigenvalue weighted by Crippen LogP contribution is 2.31. The van der Waals surface area contributed by atoms with E-state index in [1.54, 1.807) is 32.4 Å². The van der Waals surface area contributed by atoms with Gasteiger partial charge in [0.2, 0.25) is 0 Å². The third kappa shape index (κ3) is 4.72. The summed E-state index contributed by atoms with van der Waals surface area (Å²) in [5.41, 5.74) is 2.36. The first-order valence-electron chi connectivity index (χ1n) is 10.4. The number of allylic oxidation sites excluding steroid dienone is 1. The summed E-state index contributed by atoms with van der Waals surface area (Å²) in [6.45, 7) is 5.37. The average Bonchev–Trinajstić information content (AvgIpc) is 3.07. The Morgan fingerprint density at radius 3 is 2.58 bits per heavy atom. The zero-order chi connectivity index (χ0) is 23.7. The zero-order valence-corrected chi connectivity index (χ0v) is 21.1. The van der Waals surface area contributed by atoms with Crippen LogP contribution in [0.2, 0.25) is 0 Å². The van der Waals surface area contributed by atoms with Gasteiger partial charge in [0.15, 0.2) is 4.80 Å². The number of fused-ring (bicyclic) bond motifs is 1. The van der Waals surface area contributed by atoms with Crippen LogP contribution in [0.4, 0.5) is 0 Å². The fourth-order valence-electron chi connectivity index (χ4n) is 3.71. The van der Waals surface area contributed by atoms with Crippen molar-refractivity contribution in [1.29, 1.82) is 0 Å². The molecule has 0 unspecified atom stereocenters. The maximum atomic E-state index is 13.6. The monoisotopic (exact) mass is 526 g/mol. The van der Waals surface area contributed by atoms with Crippen LogP contribution in [0.3, 0.4) is 0 Å². The van der Waals surface area contributed by atoms with Crippen LogP contribution in [0.1, 0.15) is 37.9 Å². The molecule has 6 nitrogen and oxygen atoms in total. The molecular weight excluding hydrogens is 504 g/mol. The van der Waals surface area contributed by atoms with E-state index < -0.39 is 12.0 Å². The lowest BCUT2D eigenvalue weighted by molar-refractivity contribution is -0.143. The van der Waals surface area contributed by atoms with Gasteiger partial charge in [0, 0.05) is 4.47 Å². The number of rotatable bonds is 5. The molecule has 170 valence electrons. The van der Waals surface area contributed by atoms with E-state index in [0.717, 1.165) is 15.6 Å². The molecule has 0 aliphatic carbocycles. The molecule has 33 heavy (non-hydrogen) atoms. The number of halogens is 1. The van der Waals surface area contributed by atoms with Gasteiger partial charge >= 0.3 is 5.97 Å². The largest absolute Gasteiger partial charge is 0.497 e. The van der Waals surface area contributed by atoms with E-state index in [4.69, 9.17) is 9.47 Å². The number of hydrogen-bond acceptors (Lipinski definition) is 6. The molecule has 0 spiro atoms. The zero-order valence-electron chi connectivity index (χ0n) is 18.7. The molecule has 0 saturated carbocycles. The minimum Gasteiger partial charge on any atom is -0.497 e. The molecule has 0 radical (unpaired) electrons. The van der Waals surface area contributed by atoms with Gasteiger partial charge in [0.1, 0.15) is 5.75 Å². The molecule has 2 heterocycles. The van der Waals surface area contributed by atoms with Crippen molar-refractivity contribution in [3.05, 3.63) is 95.1 Å². The third-order valence-corrected chi connectivity index (χ3v) is 6.64. The van der Waals surface area contributed by atoms with Gasteiger partial charge in [-0.2, -0.15) is 0 Å². The van der Waals surface area contributed by atoms with E-state index >= 15 is 0 Å². The van der Waals surface area contributed by atoms with Crippen molar-refractivity contribution in [3.8, 4) is 5.75 Å². The minimum absolute atomic E-state index is 0.207. The molecule has 0 N–H and O–H groups in total. The van der Waals surface area contributed by atoms with Crippen LogP contribution in [-0.2, 0) is 9.53 Å². The van der Waals surface area contributed by atoms with E-state index in [9.17, 15) is 9.59 Å². The lowest BCUT2D eigenvalue weighted by Crippen LogP contribution is -2.40. The number of aromatic nitrogens is 1. The van der Waals surface area contributed by atoms with Crippen LogP contribution >= 0.6 is 27.3 Å². The molecule has 0 bridgehead atoms. The van der Waals surface area contributed by atoms with Crippen molar-refractivity contribution in [2.75, 3.05) is 7.11 Å². The number of nitrogens with zero attached hydrogens (tertiary/aromatic N) is 2. The topological polar surface area (TPSA) is 69.9 Å². The number of hydrogen-bond donors (Lipinski definition) is 0. The third-order valence-electron chi connectivity index (χ3n) is 5.16. The number of methoxy groups -OCH3 is 1. The first-order valence-corrected chi connectivity index (χ1v) is 12.0. The summed E-state index contributed by atoms with van der Waals surface area (Å²) in [7, 11) is 1.59. The maximum Gasteiger partial charge on any atom is 0.338 e. The van der Waals surface area contributed by atoms with Crippen LogP contribution in [0.15, 0.2) is 74.1 Å². The molecule has 0 amide bonds. The Bertz CT molecular complexity index is 1420. The highest BCUT2D eigenvalue weighted by atomic mass is 79.9. The highest BCUT2D eigenvalue weighted by molar-refractivity contribution is 9.10. The van der Waals surface area contributed by atoms with Crippen LogP contribution in [-0.4, -0.2) is 23.8 Å². The van der Waals surface area contributed by atoms with E-state index in [1.165, 1.54) is 11.3 Å². The van der Waals surface area contributed by atoms with Gasteiger partial charge in [-0.1, -0.05) is 51.5 Å². The Kier molecular flexibility index (Phi) is 6.67. The van der Waals surface area contributed by atoms with Gasteiger partial charge in [-0.15, -0.1) is 0 Å². The van der Waals surface area contributed by atoms with Gasteiger partial charge in [-0.05, 0) is 62.2 Å². The summed E-state index contributed by atoms with van der Waals surface area (Å²) in [5.74, 6) is 0.209. The smallest absolute Gasteiger partial charge is 0.338 e. The van der Waals surface area contributed by atoms with Crippen LogP contribution in [0, 0.1) is 0 Å². The average molecular weight is 527 g/mol. The number of esters is 1. The molecule has 1 atom stereocenters. The maximum absolute atomic E-state index is 13.6. The summed E-state index contributed by atoms with van der Waals surface area (Å²) < 4.78 is 13.8. The summed E-state index contributed by atoms with van der Waals surface area (Å²) in [6.07, 6.45) is 1.54. The van der Waals surface area contributed by atoms with Gasteiger partial charge in [0.25, 0.3) is 5.56 Å². The van der Waals surface area contributed by atoms with E-state index in [1.807, 2.05) is 54.6 Å². The van der Waals surface area contributed by atoms with E-state index in [2.05, 4.69) is 20.9 Å². The van der Waals surface area contributed by atoms with Crippen molar-refractivity contribution in [2.24, 2.45) is 4.99 Å². The van der Waals surface area contributed by atoms with Crippen molar-refractivity contribution < 1.29 is 14.3 Å². The molecule has 2 aromatic carbocycles. The lowest BCUT2D eigenvalue weighted by atomic mass is 9.96.